The average Bonchev–Trinajstić information content (AvgIpc) is 2.44. The van der Waals surface area contributed by atoms with Crippen molar-refractivity contribution >= 4 is 16.9 Å². The lowest BCUT2D eigenvalue weighted by Gasteiger charge is -1.91. The van der Waals surface area contributed by atoms with Crippen molar-refractivity contribution in [3.63, 3.8) is 0 Å². The van der Waals surface area contributed by atoms with Gasteiger partial charge in [-0.1, -0.05) is 12.1 Å². The van der Waals surface area contributed by atoms with Crippen LogP contribution in [0.1, 0.15) is 0 Å². The van der Waals surface area contributed by atoms with Gasteiger partial charge in [0.25, 0.3) is 5.56 Å². The van der Waals surface area contributed by atoms with Crippen molar-refractivity contribution in [3.05, 3.63) is 34.6 Å². The van der Waals surface area contributed by atoms with Gasteiger partial charge in [-0.25, -0.2) is 0 Å². The van der Waals surface area contributed by atoms with Crippen molar-refractivity contribution in [3.8, 4) is 0 Å². The highest BCUT2D eigenvalue weighted by Crippen LogP contribution is 2.08. The normalized spacial score (nSPS) is 10.6. The fourth-order valence-corrected chi connectivity index (χ4v) is 1.24. The van der Waals surface area contributed by atoms with Crippen LogP contribution in [-0.2, 0) is 11.3 Å². The monoisotopic (exact) mass is 193 g/mol. The third-order valence-electron chi connectivity index (χ3n) is 1.83. The highest BCUT2D eigenvalue weighted by Gasteiger charge is 2.10. The first kappa shape index (κ1) is 8.55. The van der Waals surface area contributed by atoms with Gasteiger partial charge in [-0.3, -0.25) is 9.59 Å². The lowest BCUT2D eigenvalue weighted by Crippen LogP contribution is -2.19. The Balaban J connectivity index is 2.63. The van der Waals surface area contributed by atoms with Crippen molar-refractivity contribution in [1.82, 2.24) is 4.74 Å². The van der Waals surface area contributed by atoms with E-state index in [1.165, 1.54) is 0 Å². The number of para-hydroxylation sites is 1. The maximum absolute atomic E-state index is 11.5. The molecular formula is C9H7NO4. The van der Waals surface area contributed by atoms with E-state index in [0.717, 1.165) is 4.74 Å². The molecule has 1 N–H and O–H groups in total. The zero-order valence-corrected chi connectivity index (χ0v) is 7.14. The minimum absolute atomic E-state index is 0.397. The fourth-order valence-electron chi connectivity index (χ4n) is 1.24. The largest absolute Gasteiger partial charge is 0.480 e. The van der Waals surface area contributed by atoms with Crippen LogP contribution in [0.5, 0.6) is 0 Å². The Morgan fingerprint density at radius 3 is 2.79 bits per heavy atom. The molecule has 0 atom stereocenters. The van der Waals surface area contributed by atoms with Crippen LogP contribution < -0.4 is 5.56 Å². The SMILES string of the molecule is O=C(O)Cn1oc2ccccc2c1=O. The molecule has 0 aliphatic heterocycles. The summed E-state index contributed by atoms with van der Waals surface area (Å²) in [6, 6.07) is 6.63. The van der Waals surface area contributed by atoms with Crippen LogP contribution >= 0.6 is 0 Å². The molecule has 0 fully saturated rings. The summed E-state index contributed by atoms with van der Waals surface area (Å²) >= 11 is 0. The number of carboxylic acid groups (broad SMARTS) is 1. The predicted molar refractivity (Wildman–Crippen MR) is 48.1 cm³/mol. The van der Waals surface area contributed by atoms with Crippen molar-refractivity contribution in [1.29, 1.82) is 0 Å². The molecule has 1 aromatic carbocycles. The highest BCUT2D eigenvalue weighted by atomic mass is 16.5. The van der Waals surface area contributed by atoms with Crippen LogP contribution in [0.4, 0.5) is 0 Å². The number of hydrogen-bond acceptors (Lipinski definition) is 3. The Kier molecular flexibility index (Phi) is 1.85. The van der Waals surface area contributed by atoms with E-state index in [2.05, 4.69) is 0 Å². The highest BCUT2D eigenvalue weighted by molar-refractivity contribution is 5.76. The fraction of sp³-hybridized carbons (Fsp3) is 0.111. The molecule has 0 saturated carbocycles. The standard InChI is InChI=1S/C9H7NO4/c11-8(12)5-10-9(13)6-3-1-2-4-7(6)14-10/h1-4H,5H2,(H,11,12). The van der Waals surface area contributed by atoms with E-state index in [4.69, 9.17) is 9.63 Å². The summed E-state index contributed by atoms with van der Waals surface area (Å²) in [7, 11) is 0. The molecule has 0 saturated heterocycles. The van der Waals surface area contributed by atoms with Gasteiger partial charge in [0, 0.05) is 0 Å². The van der Waals surface area contributed by atoms with Crippen LogP contribution in [0.25, 0.3) is 11.0 Å². The quantitative estimate of drug-likeness (QED) is 0.761. The third kappa shape index (κ3) is 1.28. The number of nitrogens with zero attached hydrogens (tertiary/aromatic N) is 1. The first-order chi connectivity index (χ1) is 6.68. The van der Waals surface area contributed by atoms with E-state index in [9.17, 15) is 9.59 Å². The molecular weight excluding hydrogens is 186 g/mol. The molecule has 72 valence electrons. The summed E-state index contributed by atoms with van der Waals surface area (Å²) in [5, 5.41) is 8.89. The number of fused-ring (bicyclic) bond motifs is 1. The van der Waals surface area contributed by atoms with Gasteiger partial charge < -0.3 is 9.63 Å². The Hall–Kier alpha value is -2.04. The van der Waals surface area contributed by atoms with Gasteiger partial charge in [0.1, 0.15) is 0 Å². The molecule has 1 heterocycles. The third-order valence-corrected chi connectivity index (χ3v) is 1.83. The Morgan fingerprint density at radius 2 is 2.14 bits per heavy atom. The molecule has 0 bridgehead atoms. The Bertz CT molecular complexity index is 537. The van der Waals surface area contributed by atoms with Gasteiger partial charge in [-0.2, -0.15) is 4.74 Å². The lowest BCUT2D eigenvalue weighted by molar-refractivity contribution is -0.138. The molecule has 0 aliphatic carbocycles. The van der Waals surface area contributed by atoms with Crippen molar-refractivity contribution < 1.29 is 14.4 Å². The lowest BCUT2D eigenvalue weighted by atomic mass is 10.3. The number of aliphatic carboxylic acids is 1. The zero-order chi connectivity index (χ0) is 10.1. The van der Waals surface area contributed by atoms with Crippen LogP contribution in [0.15, 0.2) is 33.6 Å². The molecule has 0 unspecified atom stereocenters. The number of rotatable bonds is 2. The van der Waals surface area contributed by atoms with Gasteiger partial charge in [-0.05, 0) is 12.1 Å². The second kappa shape index (κ2) is 3.02. The van der Waals surface area contributed by atoms with E-state index in [1.807, 2.05) is 0 Å². The summed E-state index contributed by atoms with van der Waals surface area (Å²) in [6.45, 7) is -0.451. The van der Waals surface area contributed by atoms with Gasteiger partial charge in [0.05, 0.1) is 5.39 Å². The summed E-state index contributed by atoms with van der Waals surface area (Å²) in [4.78, 5) is 21.8. The first-order valence-electron chi connectivity index (χ1n) is 3.99. The first-order valence-corrected chi connectivity index (χ1v) is 3.99. The van der Waals surface area contributed by atoms with Crippen LogP contribution in [0.3, 0.4) is 0 Å². The van der Waals surface area contributed by atoms with E-state index in [-0.39, 0.29) is 0 Å². The topological polar surface area (TPSA) is 72.4 Å². The van der Waals surface area contributed by atoms with Crippen molar-refractivity contribution in [2.24, 2.45) is 0 Å². The molecule has 5 nitrogen and oxygen atoms in total. The summed E-state index contributed by atoms with van der Waals surface area (Å²) in [5.74, 6) is -1.11. The van der Waals surface area contributed by atoms with E-state index >= 15 is 0 Å². The van der Waals surface area contributed by atoms with Crippen LogP contribution in [0, 0.1) is 0 Å². The molecule has 14 heavy (non-hydrogen) atoms. The second-order valence-electron chi connectivity index (χ2n) is 2.82. The predicted octanol–water partition coefficient (Wildman–Crippen LogP) is 0.679. The maximum atomic E-state index is 11.5. The molecule has 0 radical (unpaired) electrons. The molecule has 5 heteroatoms. The Labute approximate surface area is 78.1 Å². The molecule has 0 spiro atoms. The van der Waals surface area contributed by atoms with E-state index < -0.39 is 18.1 Å². The molecule has 2 aromatic rings. The number of aromatic nitrogens is 1. The molecule has 2 rings (SSSR count). The number of hydrogen-bond donors (Lipinski definition) is 1. The minimum atomic E-state index is -1.11. The summed E-state index contributed by atoms with van der Waals surface area (Å²) < 4.78 is 5.86. The van der Waals surface area contributed by atoms with E-state index in [0.29, 0.717) is 11.0 Å². The smallest absolute Gasteiger partial charge is 0.326 e. The zero-order valence-electron chi connectivity index (χ0n) is 7.14. The Morgan fingerprint density at radius 1 is 1.43 bits per heavy atom. The van der Waals surface area contributed by atoms with Crippen LogP contribution in [-0.4, -0.2) is 15.8 Å². The van der Waals surface area contributed by atoms with E-state index in [1.54, 1.807) is 24.3 Å². The number of benzene rings is 1. The van der Waals surface area contributed by atoms with Crippen molar-refractivity contribution in [2.45, 2.75) is 6.54 Å². The number of carbonyl (C=O) groups is 1. The maximum Gasteiger partial charge on any atom is 0.326 e. The summed E-state index contributed by atoms with van der Waals surface area (Å²) in [6.07, 6.45) is 0. The van der Waals surface area contributed by atoms with Gasteiger partial charge in [-0.15, -0.1) is 0 Å². The average molecular weight is 193 g/mol. The minimum Gasteiger partial charge on any atom is -0.480 e. The van der Waals surface area contributed by atoms with Gasteiger partial charge in [0.2, 0.25) is 0 Å². The van der Waals surface area contributed by atoms with Gasteiger partial charge >= 0.3 is 5.97 Å². The summed E-state index contributed by atoms with van der Waals surface area (Å²) in [5.41, 5.74) is -0.0123. The van der Waals surface area contributed by atoms with Gasteiger partial charge in [0.15, 0.2) is 12.1 Å². The molecule has 0 amide bonds. The van der Waals surface area contributed by atoms with Crippen LogP contribution in [0.2, 0.25) is 0 Å². The number of carboxylic acids is 1. The second-order valence-corrected chi connectivity index (χ2v) is 2.82. The molecule has 1 aromatic heterocycles. The van der Waals surface area contributed by atoms with Crippen molar-refractivity contribution in [2.75, 3.05) is 0 Å². The molecule has 0 aliphatic rings.